The van der Waals surface area contributed by atoms with Crippen LogP contribution in [0, 0.1) is 0 Å². The third-order valence-corrected chi connectivity index (χ3v) is 2.27. The zero-order chi connectivity index (χ0) is 10.8. The number of rotatable bonds is 3. The van der Waals surface area contributed by atoms with E-state index in [1.165, 1.54) is 0 Å². The van der Waals surface area contributed by atoms with Gasteiger partial charge in [-0.2, -0.15) is 0 Å². The minimum atomic E-state index is -0.954. The highest BCUT2D eigenvalue weighted by Crippen LogP contribution is 2.20. The molecular weight excluding hydrogens is 194 g/mol. The standard InChI is InChI=1S/C11H9NO3/c13-6-8-7-3-1-2-4-9(7)12-10(8)5-11(14)15/h1-4,6,12H,5H2,(H,14,15). The van der Waals surface area contributed by atoms with Crippen LogP contribution in [0.2, 0.25) is 0 Å². The zero-order valence-corrected chi connectivity index (χ0v) is 7.86. The molecular formula is C11H9NO3. The molecule has 0 spiro atoms. The second kappa shape index (κ2) is 3.57. The van der Waals surface area contributed by atoms with Gasteiger partial charge < -0.3 is 10.1 Å². The van der Waals surface area contributed by atoms with Gasteiger partial charge in [-0.3, -0.25) is 9.59 Å². The van der Waals surface area contributed by atoms with Crippen molar-refractivity contribution < 1.29 is 14.7 Å². The van der Waals surface area contributed by atoms with Gasteiger partial charge in [-0.1, -0.05) is 18.2 Å². The largest absolute Gasteiger partial charge is 0.481 e. The van der Waals surface area contributed by atoms with Crippen LogP contribution in [-0.2, 0) is 11.2 Å². The van der Waals surface area contributed by atoms with Crippen LogP contribution in [0.15, 0.2) is 24.3 Å². The van der Waals surface area contributed by atoms with Crippen LogP contribution in [0.5, 0.6) is 0 Å². The summed E-state index contributed by atoms with van der Waals surface area (Å²) < 4.78 is 0. The predicted molar refractivity (Wildman–Crippen MR) is 55.0 cm³/mol. The van der Waals surface area contributed by atoms with Gasteiger partial charge in [0.05, 0.1) is 6.42 Å². The van der Waals surface area contributed by atoms with Gasteiger partial charge in [-0.05, 0) is 6.07 Å². The summed E-state index contributed by atoms with van der Waals surface area (Å²) >= 11 is 0. The monoisotopic (exact) mass is 203 g/mol. The van der Waals surface area contributed by atoms with Gasteiger partial charge >= 0.3 is 5.97 Å². The van der Waals surface area contributed by atoms with E-state index < -0.39 is 5.97 Å². The maximum absolute atomic E-state index is 10.9. The topological polar surface area (TPSA) is 70.2 Å². The molecule has 1 heterocycles. The number of fused-ring (bicyclic) bond motifs is 1. The SMILES string of the molecule is O=Cc1c(CC(=O)O)[nH]c2ccccc12. The molecule has 0 aliphatic rings. The highest BCUT2D eigenvalue weighted by Gasteiger charge is 2.12. The molecule has 0 saturated heterocycles. The van der Waals surface area contributed by atoms with Crippen LogP contribution in [0.1, 0.15) is 16.1 Å². The van der Waals surface area contributed by atoms with Crippen molar-refractivity contribution in [1.82, 2.24) is 4.98 Å². The number of carboxylic acid groups (broad SMARTS) is 1. The Balaban J connectivity index is 2.63. The van der Waals surface area contributed by atoms with Crippen molar-refractivity contribution in [2.45, 2.75) is 6.42 Å². The van der Waals surface area contributed by atoms with Crippen molar-refractivity contribution in [3.05, 3.63) is 35.5 Å². The minimum absolute atomic E-state index is 0.164. The number of aldehydes is 1. The first kappa shape index (κ1) is 9.45. The van der Waals surface area contributed by atoms with E-state index in [0.717, 1.165) is 10.9 Å². The number of nitrogens with one attached hydrogen (secondary N) is 1. The van der Waals surface area contributed by atoms with E-state index in [1.54, 1.807) is 6.07 Å². The van der Waals surface area contributed by atoms with Crippen LogP contribution < -0.4 is 0 Å². The fourth-order valence-corrected chi connectivity index (χ4v) is 1.64. The first-order valence-electron chi connectivity index (χ1n) is 4.49. The maximum atomic E-state index is 10.9. The molecule has 2 aromatic rings. The summed E-state index contributed by atoms with van der Waals surface area (Å²) in [7, 11) is 0. The molecule has 4 heteroatoms. The third-order valence-electron chi connectivity index (χ3n) is 2.27. The van der Waals surface area contributed by atoms with Gasteiger partial charge in [-0.25, -0.2) is 0 Å². The number of carbonyl (C=O) groups excluding carboxylic acids is 1. The average Bonchev–Trinajstić information content (AvgIpc) is 2.53. The summed E-state index contributed by atoms with van der Waals surface area (Å²) in [4.78, 5) is 24.4. The third kappa shape index (κ3) is 1.61. The van der Waals surface area contributed by atoms with Crippen molar-refractivity contribution >= 4 is 23.2 Å². The van der Waals surface area contributed by atoms with Gasteiger partial charge in [0.15, 0.2) is 6.29 Å². The van der Waals surface area contributed by atoms with E-state index in [1.807, 2.05) is 18.2 Å². The van der Waals surface area contributed by atoms with E-state index in [4.69, 9.17) is 5.11 Å². The van der Waals surface area contributed by atoms with Gasteiger partial charge in [0, 0.05) is 22.2 Å². The van der Waals surface area contributed by atoms with Crippen LogP contribution in [-0.4, -0.2) is 22.3 Å². The van der Waals surface area contributed by atoms with Crippen LogP contribution in [0.4, 0.5) is 0 Å². The second-order valence-electron chi connectivity index (χ2n) is 3.25. The predicted octanol–water partition coefficient (Wildman–Crippen LogP) is 1.61. The van der Waals surface area contributed by atoms with Crippen molar-refractivity contribution in [3.63, 3.8) is 0 Å². The lowest BCUT2D eigenvalue weighted by molar-refractivity contribution is -0.136. The van der Waals surface area contributed by atoms with Crippen LogP contribution in [0.25, 0.3) is 10.9 Å². The molecule has 0 aliphatic heterocycles. The minimum Gasteiger partial charge on any atom is -0.481 e. The first-order valence-corrected chi connectivity index (χ1v) is 4.49. The number of hydrogen-bond acceptors (Lipinski definition) is 2. The quantitative estimate of drug-likeness (QED) is 0.744. The number of benzene rings is 1. The molecule has 1 aromatic carbocycles. The Labute approximate surface area is 85.5 Å². The molecule has 0 radical (unpaired) electrons. The molecule has 0 fully saturated rings. The smallest absolute Gasteiger partial charge is 0.309 e. The van der Waals surface area contributed by atoms with Crippen molar-refractivity contribution in [2.75, 3.05) is 0 Å². The molecule has 0 saturated carbocycles. The van der Waals surface area contributed by atoms with Crippen LogP contribution in [0.3, 0.4) is 0 Å². The lowest BCUT2D eigenvalue weighted by atomic mass is 10.1. The number of aromatic amines is 1. The Morgan fingerprint density at radius 3 is 2.80 bits per heavy atom. The average molecular weight is 203 g/mol. The molecule has 76 valence electrons. The Morgan fingerprint density at radius 1 is 1.40 bits per heavy atom. The molecule has 0 bridgehead atoms. The molecule has 2 rings (SSSR count). The number of H-pyrrole nitrogens is 1. The summed E-state index contributed by atoms with van der Waals surface area (Å²) in [5.74, 6) is -0.954. The van der Waals surface area contributed by atoms with E-state index in [-0.39, 0.29) is 6.42 Å². The number of para-hydroxylation sites is 1. The number of aliphatic carboxylic acids is 1. The molecule has 0 aliphatic carbocycles. The van der Waals surface area contributed by atoms with Crippen molar-refractivity contribution in [2.24, 2.45) is 0 Å². The number of carbonyl (C=O) groups is 2. The normalized spacial score (nSPS) is 10.4. The first-order chi connectivity index (χ1) is 7.22. The molecule has 0 atom stereocenters. The highest BCUT2D eigenvalue weighted by atomic mass is 16.4. The van der Waals surface area contributed by atoms with Crippen molar-refractivity contribution in [1.29, 1.82) is 0 Å². The summed E-state index contributed by atoms with van der Waals surface area (Å²) in [6.07, 6.45) is 0.528. The van der Waals surface area contributed by atoms with E-state index >= 15 is 0 Å². The Morgan fingerprint density at radius 2 is 2.13 bits per heavy atom. The molecule has 0 amide bonds. The Kier molecular flexibility index (Phi) is 2.25. The van der Waals surface area contributed by atoms with Gasteiger partial charge in [0.2, 0.25) is 0 Å². The van der Waals surface area contributed by atoms with Gasteiger partial charge in [0.25, 0.3) is 0 Å². The molecule has 0 unspecified atom stereocenters. The maximum Gasteiger partial charge on any atom is 0.309 e. The van der Waals surface area contributed by atoms with Crippen LogP contribution >= 0.6 is 0 Å². The molecule has 2 N–H and O–H groups in total. The van der Waals surface area contributed by atoms with Gasteiger partial charge in [-0.15, -0.1) is 0 Å². The fraction of sp³-hybridized carbons (Fsp3) is 0.0909. The molecule has 4 nitrogen and oxygen atoms in total. The Hall–Kier alpha value is -2.10. The second-order valence-corrected chi connectivity index (χ2v) is 3.25. The summed E-state index contributed by atoms with van der Waals surface area (Å²) in [5.41, 5.74) is 1.68. The number of hydrogen-bond donors (Lipinski definition) is 2. The number of aromatic nitrogens is 1. The molecule has 15 heavy (non-hydrogen) atoms. The summed E-state index contributed by atoms with van der Waals surface area (Å²) in [5, 5.41) is 9.44. The lowest BCUT2D eigenvalue weighted by Gasteiger charge is -1.92. The van der Waals surface area contributed by atoms with Gasteiger partial charge in [0.1, 0.15) is 0 Å². The number of carboxylic acids is 1. The summed E-state index contributed by atoms with van der Waals surface area (Å²) in [6, 6.07) is 7.25. The fourth-order valence-electron chi connectivity index (χ4n) is 1.64. The zero-order valence-electron chi connectivity index (χ0n) is 7.86. The molecule has 1 aromatic heterocycles. The highest BCUT2D eigenvalue weighted by molar-refractivity contribution is 5.99. The lowest BCUT2D eigenvalue weighted by Crippen LogP contribution is -2.02. The summed E-state index contributed by atoms with van der Waals surface area (Å²) in [6.45, 7) is 0. The van der Waals surface area contributed by atoms with E-state index in [2.05, 4.69) is 4.98 Å². The Bertz CT molecular complexity index is 528. The van der Waals surface area contributed by atoms with E-state index in [0.29, 0.717) is 17.5 Å². The van der Waals surface area contributed by atoms with Crippen molar-refractivity contribution in [3.8, 4) is 0 Å². The van der Waals surface area contributed by atoms with E-state index in [9.17, 15) is 9.59 Å².